The molecule has 0 aromatic heterocycles. The lowest BCUT2D eigenvalue weighted by Gasteiger charge is -2.10. The van der Waals surface area contributed by atoms with Crippen molar-refractivity contribution in [2.75, 3.05) is 27.9 Å². The van der Waals surface area contributed by atoms with Crippen LogP contribution in [0.25, 0.3) is 0 Å². The third-order valence-corrected chi connectivity index (χ3v) is 3.48. The molecule has 0 saturated carbocycles. The second-order valence-electron chi connectivity index (χ2n) is 5.37. The molecule has 0 atom stereocenters. The van der Waals surface area contributed by atoms with E-state index < -0.39 is 12.0 Å². The Kier molecular flexibility index (Phi) is 4.56. The van der Waals surface area contributed by atoms with Crippen molar-refractivity contribution in [2.45, 2.75) is 6.92 Å². The maximum absolute atomic E-state index is 12.2. The van der Waals surface area contributed by atoms with Gasteiger partial charge in [-0.25, -0.2) is 9.59 Å². The molecule has 2 amide bonds. The molecule has 7 nitrogen and oxygen atoms in total. The molecule has 0 aliphatic carbocycles. The second kappa shape index (κ2) is 6.96. The summed E-state index contributed by atoms with van der Waals surface area (Å²) in [5.41, 5.74) is 3.25. The van der Waals surface area contributed by atoms with Gasteiger partial charge in [0.2, 0.25) is 0 Å². The van der Waals surface area contributed by atoms with Crippen LogP contribution in [-0.2, 0) is 4.74 Å². The number of benzene rings is 2. The molecule has 0 fully saturated rings. The first-order chi connectivity index (χ1) is 12.0. The fraction of sp³-hybridized carbons (Fsp3) is 0.111. The number of carbonyl (C=O) groups is 2. The van der Waals surface area contributed by atoms with Gasteiger partial charge >= 0.3 is 12.0 Å². The third kappa shape index (κ3) is 3.89. The van der Waals surface area contributed by atoms with Gasteiger partial charge in [0.1, 0.15) is 5.82 Å². The number of hydrogen-bond acceptors (Lipinski definition) is 5. The lowest BCUT2D eigenvalue weighted by atomic mass is 10.2. The second-order valence-corrected chi connectivity index (χ2v) is 5.37. The number of ether oxygens (including phenoxy) is 1. The van der Waals surface area contributed by atoms with Crippen molar-refractivity contribution in [1.29, 1.82) is 0 Å². The van der Waals surface area contributed by atoms with Crippen molar-refractivity contribution < 1.29 is 14.3 Å². The topological polar surface area (TPSA) is 91.5 Å². The third-order valence-electron chi connectivity index (χ3n) is 3.48. The van der Waals surface area contributed by atoms with Crippen LogP contribution in [0.1, 0.15) is 17.3 Å². The van der Waals surface area contributed by atoms with Gasteiger partial charge in [0.15, 0.2) is 0 Å². The number of rotatable bonds is 4. The zero-order valence-corrected chi connectivity index (χ0v) is 13.7. The number of amides is 2. The van der Waals surface area contributed by atoms with Gasteiger partial charge in [0, 0.05) is 11.4 Å². The van der Waals surface area contributed by atoms with Crippen LogP contribution >= 0.6 is 0 Å². The molecule has 1 aliphatic rings. The summed E-state index contributed by atoms with van der Waals surface area (Å²) < 4.78 is 4.95. The Labute approximate surface area is 145 Å². The van der Waals surface area contributed by atoms with Gasteiger partial charge in [-0.2, -0.15) is 0 Å². The number of anilines is 4. The molecule has 4 N–H and O–H groups in total. The predicted octanol–water partition coefficient (Wildman–Crippen LogP) is 3.82. The molecular weight excluding hydrogens is 320 g/mol. The highest BCUT2D eigenvalue weighted by Crippen LogP contribution is 2.32. The number of carbonyl (C=O) groups excluding carboxylic acids is 2. The summed E-state index contributed by atoms with van der Waals surface area (Å²) >= 11 is 0. The first-order valence-corrected chi connectivity index (χ1v) is 7.77. The number of urea groups is 1. The van der Waals surface area contributed by atoms with E-state index >= 15 is 0 Å². The van der Waals surface area contributed by atoms with Crippen LogP contribution in [-0.4, -0.2) is 18.6 Å². The van der Waals surface area contributed by atoms with Crippen LogP contribution in [0.15, 0.2) is 54.9 Å². The van der Waals surface area contributed by atoms with Crippen molar-refractivity contribution in [3.05, 3.63) is 60.4 Å². The highest BCUT2D eigenvalue weighted by atomic mass is 16.5. The lowest BCUT2D eigenvalue weighted by Crippen LogP contribution is -2.19. The molecule has 0 spiro atoms. The molecule has 1 aliphatic heterocycles. The van der Waals surface area contributed by atoms with Crippen molar-refractivity contribution in [3.8, 4) is 0 Å². The lowest BCUT2D eigenvalue weighted by molar-refractivity contribution is 0.0526. The normalized spacial score (nSPS) is 11.8. The molecule has 1 heterocycles. The molecule has 3 rings (SSSR count). The van der Waals surface area contributed by atoms with E-state index in [0.717, 1.165) is 11.4 Å². The van der Waals surface area contributed by atoms with Gasteiger partial charge in [0.05, 0.1) is 23.5 Å². The molecule has 7 heteroatoms. The van der Waals surface area contributed by atoms with Gasteiger partial charge in [-0.3, -0.25) is 0 Å². The summed E-state index contributed by atoms with van der Waals surface area (Å²) in [6.45, 7) is 5.83. The van der Waals surface area contributed by atoms with E-state index in [2.05, 4.69) is 27.8 Å². The van der Waals surface area contributed by atoms with Crippen LogP contribution in [0.2, 0.25) is 0 Å². The summed E-state index contributed by atoms with van der Waals surface area (Å²) in [5.74, 6) is 0.261. The summed E-state index contributed by atoms with van der Waals surface area (Å²) in [4.78, 5) is 23.9. The van der Waals surface area contributed by atoms with E-state index in [-0.39, 0.29) is 0 Å². The smallest absolute Gasteiger partial charge is 0.338 e. The van der Waals surface area contributed by atoms with E-state index in [1.54, 1.807) is 43.3 Å². The Balaban J connectivity index is 1.65. The Morgan fingerprint density at radius 1 is 1.04 bits per heavy atom. The molecule has 2 aromatic carbocycles. The van der Waals surface area contributed by atoms with Crippen LogP contribution in [0.5, 0.6) is 0 Å². The van der Waals surface area contributed by atoms with Gasteiger partial charge in [-0.05, 0) is 43.3 Å². The maximum Gasteiger partial charge on any atom is 0.338 e. The number of esters is 1. The first-order valence-electron chi connectivity index (χ1n) is 7.77. The fourth-order valence-corrected chi connectivity index (χ4v) is 2.42. The molecule has 0 unspecified atom stereocenters. The number of hydrogen-bond donors (Lipinski definition) is 4. The van der Waals surface area contributed by atoms with Crippen LogP contribution < -0.4 is 21.3 Å². The van der Waals surface area contributed by atoms with E-state index in [0.29, 0.717) is 29.4 Å². The van der Waals surface area contributed by atoms with Crippen LogP contribution in [0.4, 0.5) is 27.5 Å². The summed E-state index contributed by atoms with van der Waals surface area (Å²) in [6, 6.07) is 11.6. The number of nitrogens with one attached hydrogen (secondary N) is 4. The zero-order valence-electron chi connectivity index (χ0n) is 13.7. The Morgan fingerprint density at radius 2 is 1.76 bits per heavy atom. The molecule has 0 radical (unpaired) electrons. The quantitative estimate of drug-likeness (QED) is 0.636. The van der Waals surface area contributed by atoms with Crippen LogP contribution in [0, 0.1) is 0 Å². The average Bonchev–Trinajstić information content (AvgIpc) is 2.94. The van der Waals surface area contributed by atoms with E-state index in [4.69, 9.17) is 4.74 Å². The van der Waals surface area contributed by atoms with Gasteiger partial charge in [0.25, 0.3) is 0 Å². The minimum absolute atomic E-state index is 0.296. The molecule has 0 bridgehead atoms. The van der Waals surface area contributed by atoms with E-state index in [9.17, 15) is 9.59 Å². The standard InChI is InChI=1S/C18H18N4O3/c1-3-25-17(23)12-5-4-6-13(9-12)21-18(24)22-14-7-8-15-16(10-14)20-11(2)19-15/h4-10,19-20H,2-3H2,1H3,(H2,21,22,24). The minimum atomic E-state index is -0.427. The van der Waals surface area contributed by atoms with Gasteiger partial charge in [-0.1, -0.05) is 12.6 Å². The molecule has 25 heavy (non-hydrogen) atoms. The Morgan fingerprint density at radius 3 is 2.52 bits per heavy atom. The minimum Gasteiger partial charge on any atom is -0.462 e. The zero-order chi connectivity index (χ0) is 17.8. The summed E-state index contributed by atoms with van der Waals surface area (Å²) in [7, 11) is 0. The molecule has 128 valence electrons. The Hall–Kier alpha value is -3.48. The monoisotopic (exact) mass is 338 g/mol. The maximum atomic E-state index is 12.2. The largest absolute Gasteiger partial charge is 0.462 e. The Bertz CT molecular complexity index is 848. The number of fused-ring (bicyclic) bond motifs is 1. The van der Waals surface area contributed by atoms with E-state index in [1.807, 2.05) is 6.07 Å². The first kappa shape index (κ1) is 16.4. The van der Waals surface area contributed by atoms with E-state index in [1.165, 1.54) is 0 Å². The van der Waals surface area contributed by atoms with Crippen LogP contribution in [0.3, 0.4) is 0 Å². The van der Waals surface area contributed by atoms with Crippen molar-refractivity contribution in [1.82, 2.24) is 0 Å². The van der Waals surface area contributed by atoms with Crippen molar-refractivity contribution in [3.63, 3.8) is 0 Å². The highest BCUT2D eigenvalue weighted by molar-refractivity contribution is 6.01. The molecular formula is C18H18N4O3. The summed E-state index contributed by atoms with van der Waals surface area (Å²) in [6.07, 6.45) is 0. The highest BCUT2D eigenvalue weighted by Gasteiger charge is 2.13. The summed E-state index contributed by atoms with van der Waals surface area (Å²) in [5, 5.41) is 11.6. The average molecular weight is 338 g/mol. The molecule has 0 saturated heterocycles. The van der Waals surface area contributed by atoms with Gasteiger partial charge in [-0.15, -0.1) is 0 Å². The van der Waals surface area contributed by atoms with Crippen molar-refractivity contribution >= 4 is 34.7 Å². The SMILES string of the molecule is C=C1Nc2ccc(NC(=O)Nc3cccc(C(=O)OCC)c3)cc2N1. The predicted molar refractivity (Wildman–Crippen MR) is 97.9 cm³/mol. The van der Waals surface area contributed by atoms with Gasteiger partial charge < -0.3 is 26.0 Å². The molecule has 2 aromatic rings. The van der Waals surface area contributed by atoms with Crippen molar-refractivity contribution in [2.24, 2.45) is 0 Å². The fourth-order valence-electron chi connectivity index (χ4n) is 2.42.